The molecule has 122 valence electrons. The van der Waals surface area contributed by atoms with E-state index in [-0.39, 0.29) is 22.7 Å². The molecule has 0 N–H and O–H groups in total. The lowest BCUT2D eigenvalue weighted by atomic mass is 9.61. The fourth-order valence-electron chi connectivity index (χ4n) is 4.11. The van der Waals surface area contributed by atoms with Gasteiger partial charge in [0.15, 0.2) is 0 Å². The molecule has 0 saturated carbocycles. The Labute approximate surface area is 131 Å². The molecule has 2 rings (SSSR count). The largest absolute Gasteiger partial charge is 0.431 e. The van der Waals surface area contributed by atoms with E-state index in [1.807, 2.05) is 6.92 Å². The molecule has 0 bridgehead atoms. The number of rotatable bonds is 3. The lowest BCUT2D eigenvalue weighted by Crippen LogP contribution is -2.47. The number of nitrogens with zero attached hydrogens (tertiary/aromatic N) is 1. The van der Waals surface area contributed by atoms with Crippen LogP contribution in [0.15, 0.2) is 23.0 Å². The standard InChI is InChI=1S/C17H25NO4/c1-9(2)13-7-6-10(3)14-8-15(22-12(5)19)11(4)17(16(13)14)18(20)21/h6,9,13-14,16-17H,7-8H2,1-5H3/t13-,14+,16-,17-/m0/s1. The predicted octanol–water partition coefficient (Wildman–Crippen LogP) is 3.73. The van der Waals surface area contributed by atoms with Crippen LogP contribution in [0.4, 0.5) is 0 Å². The second kappa shape index (κ2) is 6.23. The number of carbonyl (C=O) groups is 1. The Kier molecular flexibility index (Phi) is 4.73. The number of nitro groups is 1. The zero-order chi connectivity index (χ0) is 16.6. The minimum absolute atomic E-state index is 0.0145. The first-order valence-electron chi connectivity index (χ1n) is 7.92. The van der Waals surface area contributed by atoms with Gasteiger partial charge in [-0.1, -0.05) is 25.5 Å². The summed E-state index contributed by atoms with van der Waals surface area (Å²) in [6, 6.07) is -0.760. The summed E-state index contributed by atoms with van der Waals surface area (Å²) in [4.78, 5) is 22.9. The van der Waals surface area contributed by atoms with Crippen molar-refractivity contribution in [1.82, 2.24) is 0 Å². The van der Waals surface area contributed by atoms with Crippen molar-refractivity contribution in [2.45, 2.75) is 53.5 Å². The molecule has 0 unspecified atom stereocenters. The van der Waals surface area contributed by atoms with Crippen LogP contribution >= 0.6 is 0 Å². The highest BCUT2D eigenvalue weighted by Crippen LogP contribution is 2.49. The number of fused-ring (bicyclic) bond motifs is 1. The number of hydrogen-bond acceptors (Lipinski definition) is 4. The summed E-state index contributed by atoms with van der Waals surface area (Å²) in [5.41, 5.74) is 1.80. The minimum Gasteiger partial charge on any atom is -0.431 e. The average molecular weight is 307 g/mol. The van der Waals surface area contributed by atoms with Crippen LogP contribution in [-0.4, -0.2) is 16.9 Å². The van der Waals surface area contributed by atoms with Gasteiger partial charge in [-0.3, -0.25) is 14.9 Å². The molecule has 2 aliphatic rings. The van der Waals surface area contributed by atoms with Gasteiger partial charge in [0.05, 0.1) is 0 Å². The highest BCUT2D eigenvalue weighted by Gasteiger charge is 2.50. The smallest absolute Gasteiger partial charge is 0.307 e. The van der Waals surface area contributed by atoms with Crippen molar-refractivity contribution < 1.29 is 14.5 Å². The fraction of sp³-hybridized carbons (Fsp3) is 0.706. The summed E-state index contributed by atoms with van der Waals surface area (Å²) in [6.45, 7) is 9.39. The van der Waals surface area contributed by atoms with Crippen LogP contribution < -0.4 is 0 Å². The van der Waals surface area contributed by atoms with E-state index in [1.54, 1.807) is 6.92 Å². The Morgan fingerprint density at radius 2 is 2.05 bits per heavy atom. The third-order valence-corrected chi connectivity index (χ3v) is 5.26. The number of allylic oxidation sites excluding steroid dienone is 3. The molecular formula is C17H25NO4. The van der Waals surface area contributed by atoms with E-state index in [2.05, 4.69) is 19.9 Å². The maximum Gasteiger partial charge on any atom is 0.307 e. The summed E-state index contributed by atoms with van der Waals surface area (Å²) in [7, 11) is 0. The molecule has 5 nitrogen and oxygen atoms in total. The monoisotopic (exact) mass is 307 g/mol. The van der Waals surface area contributed by atoms with E-state index in [4.69, 9.17) is 4.74 Å². The van der Waals surface area contributed by atoms with Crippen molar-refractivity contribution in [3.63, 3.8) is 0 Å². The summed E-state index contributed by atoms with van der Waals surface area (Å²) < 4.78 is 5.29. The lowest BCUT2D eigenvalue weighted by Gasteiger charge is -2.43. The first-order valence-corrected chi connectivity index (χ1v) is 7.92. The molecule has 5 heteroatoms. The molecule has 0 aromatic carbocycles. The van der Waals surface area contributed by atoms with E-state index >= 15 is 0 Å². The second-order valence-corrected chi connectivity index (χ2v) is 6.91. The molecule has 0 aromatic rings. The van der Waals surface area contributed by atoms with Crippen LogP contribution in [-0.2, 0) is 9.53 Å². The van der Waals surface area contributed by atoms with E-state index < -0.39 is 12.0 Å². The van der Waals surface area contributed by atoms with Gasteiger partial charge < -0.3 is 4.74 Å². The third kappa shape index (κ3) is 2.94. The maximum absolute atomic E-state index is 11.7. The summed E-state index contributed by atoms with van der Waals surface area (Å²) in [5.74, 6) is 0.842. The van der Waals surface area contributed by atoms with Crippen LogP contribution in [0.1, 0.15) is 47.5 Å². The van der Waals surface area contributed by atoms with E-state index in [9.17, 15) is 14.9 Å². The summed E-state index contributed by atoms with van der Waals surface area (Å²) >= 11 is 0. The highest BCUT2D eigenvalue weighted by molar-refractivity contribution is 5.67. The molecule has 4 atom stereocenters. The molecule has 0 amide bonds. The zero-order valence-corrected chi connectivity index (χ0v) is 14.0. The number of esters is 1. The Balaban J connectivity index is 2.50. The van der Waals surface area contributed by atoms with Gasteiger partial charge in [-0.05, 0) is 38.0 Å². The topological polar surface area (TPSA) is 69.4 Å². The van der Waals surface area contributed by atoms with Crippen molar-refractivity contribution in [3.8, 4) is 0 Å². The third-order valence-electron chi connectivity index (χ3n) is 5.26. The minimum atomic E-state index is -0.760. The highest BCUT2D eigenvalue weighted by atomic mass is 16.6. The molecule has 0 radical (unpaired) electrons. The molecular weight excluding hydrogens is 282 g/mol. The van der Waals surface area contributed by atoms with Crippen LogP contribution in [0.25, 0.3) is 0 Å². The lowest BCUT2D eigenvalue weighted by molar-refractivity contribution is -0.527. The maximum atomic E-state index is 11.7. The van der Waals surface area contributed by atoms with Crippen molar-refractivity contribution >= 4 is 5.97 Å². The Morgan fingerprint density at radius 3 is 2.55 bits per heavy atom. The molecule has 2 aliphatic carbocycles. The van der Waals surface area contributed by atoms with Crippen LogP contribution in [0.3, 0.4) is 0 Å². The number of hydrogen-bond donors (Lipinski definition) is 0. The van der Waals surface area contributed by atoms with Crippen molar-refractivity contribution in [2.24, 2.45) is 23.7 Å². The molecule has 0 spiro atoms. The number of carbonyl (C=O) groups excluding carboxylic acids is 1. The fourth-order valence-corrected chi connectivity index (χ4v) is 4.11. The van der Waals surface area contributed by atoms with E-state index in [1.165, 1.54) is 12.5 Å². The summed E-state index contributed by atoms with van der Waals surface area (Å²) in [6.07, 6.45) is 3.69. The molecule has 0 aromatic heterocycles. The Bertz CT molecular complexity index is 547. The summed E-state index contributed by atoms with van der Waals surface area (Å²) in [5, 5.41) is 11.7. The molecule has 0 saturated heterocycles. The quantitative estimate of drug-likeness (QED) is 0.345. The molecule has 0 fully saturated rings. The van der Waals surface area contributed by atoms with Gasteiger partial charge in [0.2, 0.25) is 6.04 Å². The second-order valence-electron chi connectivity index (χ2n) is 6.91. The van der Waals surface area contributed by atoms with Gasteiger partial charge in [-0.15, -0.1) is 0 Å². The van der Waals surface area contributed by atoms with Crippen molar-refractivity contribution in [2.75, 3.05) is 0 Å². The van der Waals surface area contributed by atoms with Gasteiger partial charge >= 0.3 is 5.97 Å². The molecule has 22 heavy (non-hydrogen) atoms. The first-order chi connectivity index (χ1) is 10.2. The number of ether oxygens (including phenoxy) is 1. The van der Waals surface area contributed by atoms with Gasteiger partial charge in [-0.25, -0.2) is 0 Å². The van der Waals surface area contributed by atoms with Crippen LogP contribution in [0, 0.1) is 33.8 Å². The first kappa shape index (κ1) is 16.7. The van der Waals surface area contributed by atoms with E-state index in [0.717, 1.165) is 6.42 Å². The molecule has 0 aliphatic heterocycles. The van der Waals surface area contributed by atoms with Crippen molar-refractivity contribution in [3.05, 3.63) is 33.1 Å². The van der Waals surface area contributed by atoms with Crippen molar-refractivity contribution in [1.29, 1.82) is 0 Å². The van der Waals surface area contributed by atoms with E-state index in [0.29, 0.717) is 23.7 Å². The SMILES string of the molecule is CC(=O)OC1=C(C)[C@H]([N+](=O)[O-])[C@@H]2[C@H](C1)C(C)=CC[C@H]2C(C)C. The van der Waals surface area contributed by atoms with Crippen LogP contribution in [0.2, 0.25) is 0 Å². The average Bonchev–Trinajstić information content (AvgIpc) is 2.39. The Hall–Kier alpha value is -1.65. The van der Waals surface area contributed by atoms with Gasteiger partial charge in [0.1, 0.15) is 5.76 Å². The normalized spacial score (nSPS) is 31.6. The van der Waals surface area contributed by atoms with Gasteiger partial charge in [-0.2, -0.15) is 0 Å². The zero-order valence-electron chi connectivity index (χ0n) is 14.0. The predicted molar refractivity (Wildman–Crippen MR) is 83.5 cm³/mol. The Morgan fingerprint density at radius 1 is 1.41 bits per heavy atom. The van der Waals surface area contributed by atoms with Crippen LogP contribution in [0.5, 0.6) is 0 Å². The molecule has 0 heterocycles. The van der Waals surface area contributed by atoms with Gasteiger partial charge in [0.25, 0.3) is 0 Å². The van der Waals surface area contributed by atoms with Gasteiger partial charge in [0, 0.05) is 29.8 Å².